The van der Waals surface area contributed by atoms with E-state index >= 15 is 0 Å². The van der Waals surface area contributed by atoms with E-state index in [-0.39, 0.29) is 19.6 Å². The van der Waals surface area contributed by atoms with Gasteiger partial charge in [-0.05, 0) is 31.0 Å². The molecule has 1 aromatic carbocycles. The molecule has 7 heteroatoms. The van der Waals surface area contributed by atoms with Gasteiger partial charge >= 0.3 is 12.1 Å². The first kappa shape index (κ1) is 18.5. The molecule has 0 unspecified atom stereocenters. The van der Waals surface area contributed by atoms with E-state index in [1.165, 1.54) is 0 Å². The molecule has 120 valence electrons. The summed E-state index contributed by atoms with van der Waals surface area (Å²) in [7, 11) is 0. The van der Waals surface area contributed by atoms with Crippen molar-refractivity contribution >= 4 is 41.0 Å². The molecule has 1 aromatic rings. The highest BCUT2D eigenvalue weighted by Crippen LogP contribution is 2.22. The van der Waals surface area contributed by atoms with Gasteiger partial charge < -0.3 is 9.47 Å². The molecule has 0 fully saturated rings. The maximum Gasteiger partial charge on any atom is 0.433 e. The minimum Gasteiger partial charge on any atom is -0.466 e. The lowest BCUT2D eigenvalue weighted by Gasteiger charge is -2.06. The second-order valence-electron chi connectivity index (χ2n) is 4.32. The molecule has 0 spiro atoms. The Bertz CT molecular complexity index is 573. The van der Waals surface area contributed by atoms with Crippen LogP contribution in [0.2, 0.25) is 10.0 Å². The lowest BCUT2D eigenvalue weighted by molar-refractivity contribution is -0.141. The van der Waals surface area contributed by atoms with Gasteiger partial charge in [0, 0.05) is 5.71 Å². The molecule has 0 bridgehead atoms. The van der Waals surface area contributed by atoms with Gasteiger partial charge in [0.2, 0.25) is 0 Å². The number of carbonyl (C=O) groups excluding carboxylic acids is 2. The van der Waals surface area contributed by atoms with Gasteiger partial charge in [-0.2, -0.15) is 4.99 Å². The van der Waals surface area contributed by atoms with Crippen LogP contribution < -0.4 is 0 Å². The largest absolute Gasteiger partial charge is 0.466 e. The number of carbonyl (C=O) groups is 2. The number of hydrogen-bond acceptors (Lipinski definition) is 4. The third-order valence-corrected chi connectivity index (χ3v) is 3.40. The van der Waals surface area contributed by atoms with Crippen molar-refractivity contribution in [2.75, 3.05) is 6.61 Å². The van der Waals surface area contributed by atoms with Crippen LogP contribution in [-0.4, -0.2) is 24.4 Å². The van der Waals surface area contributed by atoms with Crippen LogP contribution in [0.25, 0.3) is 0 Å². The number of rotatable bonds is 6. The van der Waals surface area contributed by atoms with E-state index in [2.05, 4.69) is 4.99 Å². The Morgan fingerprint density at radius 2 is 1.86 bits per heavy atom. The van der Waals surface area contributed by atoms with Crippen molar-refractivity contribution in [3.63, 3.8) is 0 Å². The van der Waals surface area contributed by atoms with Crippen molar-refractivity contribution in [2.24, 2.45) is 4.99 Å². The molecule has 0 N–H and O–H groups in total. The second kappa shape index (κ2) is 9.43. The first-order valence-corrected chi connectivity index (χ1v) is 7.54. The third-order valence-electron chi connectivity index (χ3n) is 2.66. The Balaban J connectivity index is 2.57. The van der Waals surface area contributed by atoms with Crippen molar-refractivity contribution in [3.05, 3.63) is 33.8 Å². The first-order valence-electron chi connectivity index (χ1n) is 6.79. The van der Waals surface area contributed by atoms with Crippen LogP contribution >= 0.6 is 23.2 Å². The predicted octanol–water partition coefficient (Wildman–Crippen LogP) is 4.43. The van der Waals surface area contributed by atoms with Gasteiger partial charge in [-0.15, -0.1) is 0 Å². The summed E-state index contributed by atoms with van der Waals surface area (Å²) >= 11 is 11.7. The lowest BCUT2D eigenvalue weighted by Crippen LogP contribution is -2.12. The van der Waals surface area contributed by atoms with Crippen LogP contribution in [-0.2, 0) is 20.9 Å². The quantitative estimate of drug-likeness (QED) is 0.564. The summed E-state index contributed by atoms with van der Waals surface area (Å²) in [6.07, 6.45) is -0.320. The molecule has 0 saturated heterocycles. The van der Waals surface area contributed by atoms with Crippen molar-refractivity contribution in [3.8, 4) is 0 Å². The zero-order valence-corrected chi connectivity index (χ0v) is 13.9. The minimum absolute atomic E-state index is 0.0216. The summed E-state index contributed by atoms with van der Waals surface area (Å²) in [4.78, 5) is 26.8. The lowest BCUT2D eigenvalue weighted by atomic mass is 10.2. The fourth-order valence-electron chi connectivity index (χ4n) is 1.56. The van der Waals surface area contributed by atoms with Gasteiger partial charge in [-0.25, -0.2) is 4.79 Å². The Labute approximate surface area is 139 Å². The molecule has 1 rings (SSSR count). The summed E-state index contributed by atoms with van der Waals surface area (Å²) in [6.45, 7) is 3.82. The summed E-state index contributed by atoms with van der Waals surface area (Å²) in [6, 6.07) is 4.93. The van der Waals surface area contributed by atoms with Gasteiger partial charge in [0.1, 0.15) is 6.61 Å². The summed E-state index contributed by atoms with van der Waals surface area (Å²) < 4.78 is 9.83. The molecule has 0 atom stereocenters. The number of hydrogen-bond donors (Lipinski definition) is 0. The van der Waals surface area contributed by atoms with E-state index in [1.54, 1.807) is 32.0 Å². The summed E-state index contributed by atoms with van der Waals surface area (Å²) in [5.41, 5.74) is 1.11. The summed E-state index contributed by atoms with van der Waals surface area (Å²) in [5.74, 6) is -0.416. The maximum absolute atomic E-state index is 11.7. The Kier molecular flexibility index (Phi) is 7.91. The van der Waals surface area contributed by atoms with E-state index < -0.39 is 12.1 Å². The molecule has 0 aliphatic carbocycles. The number of benzene rings is 1. The van der Waals surface area contributed by atoms with Gasteiger partial charge in [0.05, 0.1) is 23.1 Å². The number of amides is 1. The Morgan fingerprint density at radius 1 is 1.14 bits per heavy atom. The fraction of sp³-hybridized carbons (Fsp3) is 0.400. The van der Waals surface area contributed by atoms with Crippen LogP contribution in [0.4, 0.5) is 4.79 Å². The number of ether oxygens (including phenoxy) is 2. The molecule has 22 heavy (non-hydrogen) atoms. The average molecular weight is 346 g/mol. The van der Waals surface area contributed by atoms with E-state index in [1.807, 2.05) is 0 Å². The average Bonchev–Trinajstić information content (AvgIpc) is 2.48. The zero-order chi connectivity index (χ0) is 16.5. The van der Waals surface area contributed by atoms with Crippen LogP contribution in [0, 0.1) is 0 Å². The highest BCUT2D eigenvalue weighted by molar-refractivity contribution is 6.42. The molecular weight excluding hydrogens is 329 g/mol. The maximum atomic E-state index is 11.7. The van der Waals surface area contributed by atoms with Crippen molar-refractivity contribution in [1.29, 1.82) is 0 Å². The number of nitrogens with zero attached hydrogens (tertiary/aromatic N) is 1. The molecule has 1 amide bonds. The molecule has 0 radical (unpaired) electrons. The van der Waals surface area contributed by atoms with Gasteiger partial charge in [-0.3, -0.25) is 4.79 Å². The number of aliphatic imine (C=N–C) groups is 1. The van der Waals surface area contributed by atoms with Gasteiger partial charge in [0.25, 0.3) is 0 Å². The minimum atomic E-state index is -0.757. The molecule has 0 saturated carbocycles. The highest BCUT2D eigenvalue weighted by atomic mass is 35.5. The van der Waals surface area contributed by atoms with E-state index in [0.29, 0.717) is 27.7 Å². The molecule has 5 nitrogen and oxygen atoms in total. The van der Waals surface area contributed by atoms with Crippen molar-refractivity contribution in [2.45, 2.75) is 33.3 Å². The topological polar surface area (TPSA) is 65.0 Å². The second-order valence-corrected chi connectivity index (χ2v) is 5.13. The molecule has 0 aliphatic rings. The van der Waals surface area contributed by atoms with Crippen LogP contribution in [0.5, 0.6) is 0 Å². The smallest absolute Gasteiger partial charge is 0.433 e. The fourth-order valence-corrected chi connectivity index (χ4v) is 1.88. The van der Waals surface area contributed by atoms with Crippen LogP contribution in [0.3, 0.4) is 0 Å². The Hall–Kier alpha value is -1.59. The van der Waals surface area contributed by atoms with Crippen molar-refractivity contribution < 1.29 is 19.1 Å². The van der Waals surface area contributed by atoms with E-state index in [9.17, 15) is 9.59 Å². The van der Waals surface area contributed by atoms with E-state index in [4.69, 9.17) is 32.7 Å². The molecule has 0 heterocycles. The molecule has 0 aliphatic heterocycles. The van der Waals surface area contributed by atoms with Crippen molar-refractivity contribution in [1.82, 2.24) is 0 Å². The third kappa shape index (κ3) is 6.45. The number of esters is 1. The van der Waals surface area contributed by atoms with Crippen LogP contribution in [0.15, 0.2) is 23.2 Å². The first-order chi connectivity index (χ1) is 10.5. The van der Waals surface area contributed by atoms with Crippen LogP contribution in [0.1, 0.15) is 32.3 Å². The van der Waals surface area contributed by atoms with E-state index in [0.717, 1.165) is 0 Å². The monoisotopic (exact) mass is 345 g/mol. The summed E-state index contributed by atoms with van der Waals surface area (Å²) in [5, 5.41) is 0.813. The normalized spacial score (nSPS) is 11.2. The van der Waals surface area contributed by atoms with Gasteiger partial charge in [0.15, 0.2) is 0 Å². The number of halogens is 2. The predicted molar refractivity (Wildman–Crippen MR) is 85.6 cm³/mol. The standard InChI is InChI=1S/C15H17Cl2NO4/c1-3-11(8-14(19)21-4-2)18-15(20)22-9-10-5-6-12(16)13(17)7-10/h5-7H,3-4,8-9H2,1-2H3. The Morgan fingerprint density at radius 3 is 2.45 bits per heavy atom. The highest BCUT2D eigenvalue weighted by Gasteiger charge is 2.10. The SMILES string of the molecule is CCOC(=O)CC(CC)=NC(=O)OCc1ccc(Cl)c(Cl)c1. The van der Waals surface area contributed by atoms with Gasteiger partial charge in [-0.1, -0.05) is 36.2 Å². The molecule has 0 aromatic heterocycles. The molecular formula is C15H17Cl2NO4. The zero-order valence-electron chi connectivity index (χ0n) is 12.4.